The molecule has 0 saturated heterocycles. The Morgan fingerprint density at radius 2 is 1.55 bits per heavy atom. The van der Waals surface area contributed by atoms with Gasteiger partial charge in [-0.05, 0) is 67.4 Å². The minimum absolute atomic E-state index is 0.0419. The van der Waals surface area contributed by atoms with Gasteiger partial charge in [-0.1, -0.05) is 18.2 Å². The van der Waals surface area contributed by atoms with Crippen LogP contribution in [-0.4, -0.2) is 24.3 Å². The average Bonchev–Trinajstić information content (AvgIpc) is 3.06. The second-order valence-electron chi connectivity index (χ2n) is 7.27. The van der Waals surface area contributed by atoms with Gasteiger partial charge in [-0.25, -0.2) is 13.2 Å². The van der Waals surface area contributed by atoms with Gasteiger partial charge in [0.1, 0.15) is 0 Å². The van der Waals surface area contributed by atoms with Gasteiger partial charge in [0.2, 0.25) is 0 Å². The van der Waals surface area contributed by atoms with E-state index in [0.717, 1.165) is 11.1 Å². The molecule has 0 atom stereocenters. The molecule has 0 fully saturated rings. The van der Waals surface area contributed by atoms with E-state index in [0.29, 0.717) is 16.7 Å². The molecule has 1 amide bonds. The van der Waals surface area contributed by atoms with Crippen molar-refractivity contribution in [2.45, 2.75) is 18.7 Å². The number of aryl methyl sites for hydroxylation is 2. The van der Waals surface area contributed by atoms with E-state index in [9.17, 15) is 18.0 Å². The maximum atomic E-state index is 12.9. The van der Waals surface area contributed by atoms with E-state index in [2.05, 4.69) is 20.0 Å². The molecule has 1 aromatic heterocycles. The van der Waals surface area contributed by atoms with Crippen LogP contribution in [0.4, 0.5) is 11.4 Å². The predicted octanol–water partition coefficient (Wildman–Crippen LogP) is 3.53. The number of para-hydroxylation sites is 1. The summed E-state index contributed by atoms with van der Waals surface area (Å²) in [5, 5.41) is 2.82. The number of H-pyrrole nitrogens is 2. The molecule has 0 aliphatic heterocycles. The number of anilines is 2. The van der Waals surface area contributed by atoms with E-state index in [1.165, 1.54) is 24.3 Å². The molecule has 0 saturated carbocycles. The van der Waals surface area contributed by atoms with E-state index < -0.39 is 21.6 Å². The van der Waals surface area contributed by atoms with Gasteiger partial charge in [0.05, 0.1) is 27.2 Å². The van der Waals surface area contributed by atoms with Gasteiger partial charge in [0, 0.05) is 5.69 Å². The lowest BCUT2D eigenvalue weighted by molar-refractivity contribution is 0.102. The Bertz CT molecular complexity index is 1450. The number of fused-ring (bicyclic) bond motifs is 1. The summed E-state index contributed by atoms with van der Waals surface area (Å²) in [5.74, 6) is -0.436. The van der Waals surface area contributed by atoms with Crippen molar-refractivity contribution in [3.8, 4) is 0 Å². The first kappa shape index (κ1) is 20.4. The Morgan fingerprint density at radius 3 is 2.29 bits per heavy atom. The number of nitrogens with one attached hydrogen (secondary N) is 4. The summed E-state index contributed by atoms with van der Waals surface area (Å²) >= 11 is 0. The molecule has 0 aliphatic carbocycles. The molecule has 3 aromatic carbocycles. The van der Waals surface area contributed by atoms with Crippen LogP contribution in [0.25, 0.3) is 11.0 Å². The number of aromatic nitrogens is 2. The van der Waals surface area contributed by atoms with Crippen LogP contribution in [0.1, 0.15) is 21.5 Å². The molecule has 158 valence electrons. The summed E-state index contributed by atoms with van der Waals surface area (Å²) < 4.78 is 28.3. The van der Waals surface area contributed by atoms with Gasteiger partial charge in [-0.2, -0.15) is 0 Å². The van der Waals surface area contributed by atoms with Gasteiger partial charge < -0.3 is 15.3 Å². The van der Waals surface area contributed by atoms with Crippen LogP contribution < -0.4 is 15.7 Å². The lowest BCUT2D eigenvalue weighted by Crippen LogP contribution is -2.18. The van der Waals surface area contributed by atoms with Crippen molar-refractivity contribution in [3.63, 3.8) is 0 Å². The Balaban J connectivity index is 1.64. The number of carbonyl (C=O) groups is 1. The van der Waals surface area contributed by atoms with Crippen LogP contribution >= 0.6 is 0 Å². The van der Waals surface area contributed by atoms with Crippen LogP contribution in [0, 0.1) is 13.8 Å². The van der Waals surface area contributed by atoms with Crippen LogP contribution in [-0.2, 0) is 10.0 Å². The van der Waals surface area contributed by atoms with E-state index in [1.54, 1.807) is 18.2 Å². The minimum atomic E-state index is -4.00. The topological polar surface area (TPSA) is 124 Å². The second kappa shape index (κ2) is 7.77. The Morgan fingerprint density at radius 1 is 0.871 bits per heavy atom. The highest BCUT2D eigenvalue weighted by molar-refractivity contribution is 7.92. The summed E-state index contributed by atoms with van der Waals surface area (Å²) in [6.45, 7) is 3.86. The zero-order valence-corrected chi connectivity index (χ0v) is 17.6. The third-order valence-electron chi connectivity index (χ3n) is 4.69. The van der Waals surface area contributed by atoms with Gasteiger partial charge in [-0.15, -0.1) is 0 Å². The maximum Gasteiger partial charge on any atom is 0.323 e. The lowest BCUT2D eigenvalue weighted by atomic mass is 10.1. The van der Waals surface area contributed by atoms with E-state index in [-0.39, 0.29) is 16.1 Å². The summed E-state index contributed by atoms with van der Waals surface area (Å²) in [6.07, 6.45) is 0. The van der Waals surface area contributed by atoms with E-state index >= 15 is 0 Å². The van der Waals surface area contributed by atoms with E-state index in [4.69, 9.17) is 0 Å². The molecule has 1 heterocycles. The highest BCUT2D eigenvalue weighted by Gasteiger charge is 2.19. The third-order valence-corrected chi connectivity index (χ3v) is 6.06. The molecule has 8 nitrogen and oxygen atoms in total. The normalized spacial score (nSPS) is 11.4. The van der Waals surface area contributed by atoms with Crippen molar-refractivity contribution < 1.29 is 13.2 Å². The number of benzene rings is 3. The molecular formula is C22H20N4O4S. The molecule has 0 unspecified atom stereocenters. The van der Waals surface area contributed by atoms with Crippen molar-refractivity contribution in [1.82, 2.24) is 9.97 Å². The number of sulfonamides is 1. The molecule has 0 radical (unpaired) electrons. The van der Waals surface area contributed by atoms with E-state index in [1.807, 2.05) is 32.0 Å². The number of hydrogen-bond acceptors (Lipinski definition) is 4. The van der Waals surface area contributed by atoms with Crippen molar-refractivity contribution in [1.29, 1.82) is 0 Å². The molecule has 0 spiro atoms. The second-order valence-corrected chi connectivity index (χ2v) is 8.95. The van der Waals surface area contributed by atoms with Crippen molar-refractivity contribution in [3.05, 3.63) is 87.8 Å². The van der Waals surface area contributed by atoms with Crippen LogP contribution in [0.5, 0.6) is 0 Å². The summed E-state index contributed by atoms with van der Waals surface area (Å²) in [5.41, 5.74) is 3.40. The Labute approximate surface area is 178 Å². The largest absolute Gasteiger partial charge is 0.323 e. The zero-order valence-electron chi connectivity index (χ0n) is 16.8. The predicted molar refractivity (Wildman–Crippen MR) is 120 cm³/mol. The van der Waals surface area contributed by atoms with Crippen molar-refractivity contribution >= 4 is 38.3 Å². The van der Waals surface area contributed by atoms with Crippen molar-refractivity contribution in [2.24, 2.45) is 0 Å². The molecule has 4 rings (SSSR count). The fourth-order valence-electron chi connectivity index (χ4n) is 3.40. The standard InChI is InChI=1S/C22H20N4O4S/c1-13-9-14(2)11-15(10-13)23-21(27)17-5-3-4-6-18(17)26-31(29,30)16-7-8-19-20(12-16)25-22(28)24-19/h3-12,26H,1-2H3,(H,23,27)(H2,24,25,28). The van der Waals surface area contributed by atoms with Gasteiger partial charge >= 0.3 is 5.69 Å². The summed E-state index contributed by atoms with van der Waals surface area (Å²) in [6, 6.07) is 16.3. The number of carbonyl (C=O) groups excluding carboxylic acids is 1. The van der Waals surface area contributed by atoms with Crippen LogP contribution in [0.2, 0.25) is 0 Å². The first-order valence-electron chi connectivity index (χ1n) is 9.45. The number of hydrogen-bond donors (Lipinski definition) is 4. The highest BCUT2D eigenvalue weighted by atomic mass is 32.2. The fraction of sp³-hybridized carbons (Fsp3) is 0.0909. The molecule has 9 heteroatoms. The summed E-state index contributed by atoms with van der Waals surface area (Å²) in [4.78, 5) is 29.4. The number of imidazole rings is 1. The Hall–Kier alpha value is -3.85. The molecular weight excluding hydrogens is 416 g/mol. The lowest BCUT2D eigenvalue weighted by Gasteiger charge is -2.13. The molecule has 0 aliphatic rings. The summed E-state index contributed by atoms with van der Waals surface area (Å²) in [7, 11) is -4.00. The fourth-order valence-corrected chi connectivity index (χ4v) is 4.50. The smallest absolute Gasteiger partial charge is 0.322 e. The molecule has 31 heavy (non-hydrogen) atoms. The number of rotatable bonds is 5. The third kappa shape index (κ3) is 4.36. The quantitative estimate of drug-likeness (QED) is 0.382. The first-order valence-corrected chi connectivity index (χ1v) is 10.9. The monoisotopic (exact) mass is 436 g/mol. The van der Waals surface area contributed by atoms with Gasteiger partial charge in [0.25, 0.3) is 15.9 Å². The van der Waals surface area contributed by atoms with Gasteiger partial charge in [0.15, 0.2) is 0 Å². The SMILES string of the molecule is Cc1cc(C)cc(NC(=O)c2ccccc2NS(=O)(=O)c2ccc3[nH]c(=O)[nH]c3c2)c1. The molecule has 4 aromatic rings. The molecule has 0 bridgehead atoms. The van der Waals surface area contributed by atoms with Gasteiger partial charge in [-0.3, -0.25) is 9.52 Å². The Kier molecular flexibility index (Phi) is 5.12. The van der Waals surface area contributed by atoms with Crippen molar-refractivity contribution in [2.75, 3.05) is 10.0 Å². The van der Waals surface area contributed by atoms with Crippen LogP contribution in [0.15, 0.2) is 70.4 Å². The zero-order chi connectivity index (χ0) is 22.2. The molecule has 4 N–H and O–H groups in total. The first-order chi connectivity index (χ1) is 14.7. The maximum absolute atomic E-state index is 12.9. The average molecular weight is 436 g/mol. The number of aromatic amines is 2. The highest BCUT2D eigenvalue weighted by Crippen LogP contribution is 2.23. The van der Waals surface area contributed by atoms with Crippen LogP contribution in [0.3, 0.4) is 0 Å². The number of amides is 1. The minimum Gasteiger partial charge on any atom is -0.322 e.